The molecule has 2 aromatic carbocycles. The number of nitrogens with zero attached hydrogens (tertiary/aromatic N) is 2. The average molecular weight is 380 g/mol. The molecule has 144 valence electrons. The van der Waals surface area contributed by atoms with E-state index >= 15 is 0 Å². The maximum atomic E-state index is 12.9. The standard InChI is InChI=1S/C21H21FN4O2/c1-2-28-19-6-4-3-5-18(19)26-21-24-13-16(14-25-21)20(27)23-12-11-15-7-9-17(22)10-8-15/h3-10,13-14H,2,11-12H2,1H3,(H,23,27)(H,24,25,26). The molecule has 7 heteroatoms. The van der Waals surface area contributed by atoms with Crippen molar-refractivity contribution < 1.29 is 13.9 Å². The van der Waals surface area contributed by atoms with Gasteiger partial charge in [-0.1, -0.05) is 24.3 Å². The Balaban J connectivity index is 1.55. The fraction of sp³-hybridized carbons (Fsp3) is 0.190. The van der Waals surface area contributed by atoms with Gasteiger partial charge in [0.1, 0.15) is 11.6 Å². The van der Waals surface area contributed by atoms with Gasteiger partial charge in [-0.3, -0.25) is 4.79 Å². The van der Waals surface area contributed by atoms with Crippen LogP contribution in [0.15, 0.2) is 60.9 Å². The number of aromatic nitrogens is 2. The molecular weight excluding hydrogens is 359 g/mol. The van der Waals surface area contributed by atoms with Gasteiger partial charge < -0.3 is 15.4 Å². The van der Waals surface area contributed by atoms with Crippen LogP contribution in [0.5, 0.6) is 5.75 Å². The molecule has 28 heavy (non-hydrogen) atoms. The lowest BCUT2D eigenvalue weighted by Crippen LogP contribution is -2.26. The molecule has 0 aliphatic heterocycles. The molecule has 0 aliphatic carbocycles. The van der Waals surface area contributed by atoms with E-state index in [1.54, 1.807) is 12.1 Å². The summed E-state index contributed by atoms with van der Waals surface area (Å²) in [7, 11) is 0. The number of nitrogens with one attached hydrogen (secondary N) is 2. The number of ether oxygens (including phenoxy) is 1. The van der Waals surface area contributed by atoms with Crippen molar-refractivity contribution in [3.63, 3.8) is 0 Å². The summed E-state index contributed by atoms with van der Waals surface area (Å²) >= 11 is 0. The van der Waals surface area contributed by atoms with Crippen molar-refractivity contribution in [3.8, 4) is 5.75 Å². The largest absolute Gasteiger partial charge is 0.492 e. The van der Waals surface area contributed by atoms with E-state index in [1.807, 2.05) is 31.2 Å². The molecule has 3 rings (SSSR count). The summed E-state index contributed by atoms with van der Waals surface area (Å²) in [5, 5.41) is 5.89. The van der Waals surface area contributed by atoms with E-state index in [2.05, 4.69) is 20.6 Å². The predicted octanol–water partition coefficient (Wildman–Crippen LogP) is 3.73. The van der Waals surface area contributed by atoms with Gasteiger partial charge in [0.2, 0.25) is 5.95 Å². The van der Waals surface area contributed by atoms with Crippen LogP contribution in [0.4, 0.5) is 16.0 Å². The Morgan fingerprint density at radius 3 is 2.50 bits per heavy atom. The highest BCUT2D eigenvalue weighted by Crippen LogP contribution is 2.25. The number of hydrogen-bond acceptors (Lipinski definition) is 5. The summed E-state index contributed by atoms with van der Waals surface area (Å²) < 4.78 is 18.4. The summed E-state index contributed by atoms with van der Waals surface area (Å²) in [4.78, 5) is 20.6. The first-order valence-electron chi connectivity index (χ1n) is 8.99. The lowest BCUT2D eigenvalue weighted by atomic mass is 10.1. The minimum absolute atomic E-state index is 0.261. The second-order valence-electron chi connectivity index (χ2n) is 5.98. The van der Waals surface area contributed by atoms with E-state index in [9.17, 15) is 9.18 Å². The predicted molar refractivity (Wildman–Crippen MR) is 105 cm³/mol. The summed E-state index contributed by atoms with van der Waals surface area (Å²) in [5.74, 6) is 0.539. The first kappa shape index (κ1) is 19.3. The van der Waals surface area contributed by atoms with E-state index in [0.717, 1.165) is 11.3 Å². The normalized spacial score (nSPS) is 10.4. The molecule has 0 aliphatic rings. The lowest BCUT2D eigenvalue weighted by Gasteiger charge is -2.11. The second kappa shape index (κ2) is 9.45. The fourth-order valence-electron chi connectivity index (χ4n) is 2.56. The van der Waals surface area contributed by atoms with Gasteiger partial charge in [-0.05, 0) is 43.2 Å². The van der Waals surface area contributed by atoms with Crippen LogP contribution in [0.25, 0.3) is 0 Å². The second-order valence-corrected chi connectivity index (χ2v) is 5.98. The zero-order chi connectivity index (χ0) is 19.8. The first-order valence-corrected chi connectivity index (χ1v) is 8.99. The molecule has 0 fully saturated rings. The van der Waals surface area contributed by atoms with Crippen molar-refractivity contribution in [2.24, 2.45) is 0 Å². The number of para-hydroxylation sites is 2. The zero-order valence-electron chi connectivity index (χ0n) is 15.5. The summed E-state index contributed by atoms with van der Waals surface area (Å²) in [6.07, 6.45) is 3.54. The topological polar surface area (TPSA) is 76.1 Å². The van der Waals surface area contributed by atoms with Gasteiger partial charge in [0.25, 0.3) is 5.91 Å². The Morgan fingerprint density at radius 2 is 1.79 bits per heavy atom. The van der Waals surface area contributed by atoms with Crippen molar-refractivity contribution in [2.45, 2.75) is 13.3 Å². The van der Waals surface area contributed by atoms with Crippen molar-refractivity contribution in [2.75, 3.05) is 18.5 Å². The van der Waals surface area contributed by atoms with Crippen LogP contribution < -0.4 is 15.4 Å². The molecule has 2 N–H and O–H groups in total. The van der Waals surface area contributed by atoms with E-state index < -0.39 is 0 Å². The van der Waals surface area contributed by atoms with Crippen LogP contribution in [0.1, 0.15) is 22.8 Å². The summed E-state index contributed by atoms with van der Waals surface area (Å²) in [6.45, 7) is 2.90. The third-order valence-corrected chi connectivity index (χ3v) is 3.96. The molecule has 1 aromatic heterocycles. The molecule has 1 heterocycles. The van der Waals surface area contributed by atoms with Crippen molar-refractivity contribution in [3.05, 3.63) is 77.9 Å². The SMILES string of the molecule is CCOc1ccccc1Nc1ncc(C(=O)NCCc2ccc(F)cc2)cn1. The van der Waals surface area contributed by atoms with Crippen LogP contribution in [0.3, 0.4) is 0 Å². The lowest BCUT2D eigenvalue weighted by molar-refractivity contribution is 0.0953. The average Bonchev–Trinajstić information content (AvgIpc) is 2.71. The van der Waals surface area contributed by atoms with Crippen LogP contribution in [0.2, 0.25) is 0 Å². The van der Waals surface area contributed by atoms with Gasteiger partial charge >= 0.3 is 0 Å². The molecule has 0 saturated heterocycles. The molecule has 3 aromatic rings. The Bertz CT molecular complexity index is 914. The first-order chi connectivity index (χ1) is 13.7. The fourth-order valence-corrected chi connectivity index (χ4v) is 2.56. The Labute approximate surface area is 162 Å². The van der Waals surface area contributed by atoms with Crippen LogP contribution in [-0.4, -0.2) is 29.0 Å². The Morgan fingerprint density at radius 1 is 1.07 bits per heavy atom. The van der Waals surface area contributed by atoms with Crippen molar-refractivity contribution >= 4 is 17.5 Å². The number of hydrogen-bond donors (Lipinski definition) is 2. The molecular formula is C21H21FN4O2. The number of amides is 1. The van der Waals surface area contributed by atoms with Crippen LogP contribution in [-0.2, 0) is 6.42 Å². The minimum atomic E-state index is -0.275. The zero-order valence-corrected chi connectivity index (χ0v) is 15.5. The van der Waals surface area contributed by atoms with E-state index in [1.165, 1.54) is 24.5 Å². The highest BCUT2D eigenvalue weighted by molar-refractivity contribution is 5.93. The number of carbonyl (C=O) groups excluding carboxylic acids is 1. The molecule has 1 amide bonds. The molecule has 0 saturated carbocycles. The number of benzene rings is 2. The highest BCUT2D eigenvalue weighted by atomic mass is 19.1. The van der Waals surface area contributed by atoms with Gasteiger partial charge in [0, 0.05) is 18.9 Å². The van der Waals surface area contributed by atoms with Crippen LogP contribution in [0, 0.1) is 5.82 Å². The Kier molecular flexibility index (Phi) is 6.51. The molecule has 0 radical (unpaired) electrons. The number of anilines is 2. The number of carbonyl (C=O) groups is 1. The van der Waals surface area contributed by atoms with Gasteiger partial charge in [0.15, 0.2) is 0 Å². The third-order valence-electron chi connectivity index (χ3n) is 3.96. The number of rotatable bonds is 8. The minimum Gasteiger partial charge on any atom is -0.492 e. The molecule has 0 bridgehead atoms. The van der Waals surface area contributed by atoms with E-state index in [-0.39, 0.29) is 11.7 Å². The van der Waals surface area contributed by atoms with Crippen molar-refractivity contribution in [1.29, 1.82) is 0 Å². The van der Waals surface area contributed by atoms with Gasteiger partial charge in [-0.25, -0.2) is 14.4 Å². The quantitative estimate of drug-likeness (QED) is 0.623. The van der Waals surface area contributed by atoms with Gasteiger partial charge in [0.05, 0.1) is 17.9 Å². The maximum absolute atomic E-state index is 12.9. The van der Waals surface area contributed by atoms with Crippen LogP contribution >= 0.6 is 0 Å². The molecule has 6 nitrogen and oxygen atoms in total. The molecule has 0 spiro atoms. The maximum Gasteiger partial charge on any atom is 0.254 e. The monoisotopic (exact) mass is 380 g/mol. The smallest absolute Gasteiger partial charge is 0.254 e. The summed E-state index contributed by atoms with van der Waals surface area (Å²) in [6, 6.07) is 13.7. The summed E-state index contributed by atoms with van der Waals surface area (Å²) in [5.41, 5.74) is 2.06. The Hall–Kier alpha value is -3.48. The highest BCUT2D eigenvalue weighted by Gasteiger charge is 2.08. The number of halogens is 1. The van der Waals surface area contributed by atoms with Crippen molar-refractivity contribution in [1.82, 2.24) is 15.3 Å². The van der Waals surface area contributed by atoms with Gasteiger partial charge in [-0.15, -0.1) is 0 Å². The van der Waals surface area contributed by atoms with E-state index in [0.29, 0.717) is 36.8 Å². The molecule has 0 unspecified atom stereocenters. The third kappa shape index (κ3) is 5.26. The van der Waals surface area contributed by atoms with E-state index in [4.69, 9.17) is 4.74 Å². The van der Waals surface area contributed by atoms with Gasteiger partial charge in [-0.2, -0.15) is 0 Å². The molecule has 0 atom stereocenters.